The fourth-order valence-corrected chi connectivity index (χ4v) is 11.3. The van der Waals surface area contributed by atoms with Gasteiger partial charge in [-0.3, -0.25) is 0 Å². The van der Waals surface area contributed by atoms with Gasteiger partial charge in [-0.15, -0.1) is 0 Å². The summed E-state index contributed by atoms with van der Waals surface area (Å²) in [6.07, 6.45) is -0.450. The summed E-state index contributed by atoms with van der Waals surface area (Å²) in [5.41, 5.74) is 0. The predicted molar refractivity (Wildman–Crippen MR) is 22.7 cm³/mol. The van der Waals surface area contributed by atoms with Crippen LogP contribution in [0, 0.1) is 0 Å². The summed E-state index contributed by atoms with van der Waals surface area (Å²) < 4.78 is 9.12. The van der Waals surface area contributed by atoms with Crippen molar-refractivity contribution in [3.63, 3.8) is 0 Å². The van der Waals surface area contributed by atoms with E-state index in [-0.39, 0.29) is 26.2 Å². The van der Waals surface area contributed by atoms with Gasteiger partial charge < -0.3 is 0 Å². The molecule has 0 aromatic rings. The Balaban J connectivity index is 0. The number of carbonyl (C=O) groups excluding carboxylic acids is 1. The Morgan fingerprint density at radius 3 is 2.30 bits per heavy atom. The summed E-state index contributed by atoms with van der Waals surface area (Å²) in [5, 5.41) is 0. The molecule has 0 atom stereocenters. The van der Waals surface area contributed by atoms with E-state index in [2.05, 4.69) is 11.3 Å². The third-order valence-electron chi connectivity index (χ3n) is 0.421. The van der Waals surface area contributed by atoms with Crippen molar-refractivity contribution in [1.82, 2.24) is 0 Å². The summed E-state index contributed by atoms with van der Waals surface area (Å²) in [5.74, 6) is 0. The molecule has 0 aliphatic rings. The Hall–Kier alpha value is 3.40. The van der Waals surface area contributed by atoms with Crippen LogP contribution in [-0.2, 0) is 91.7 Å². The molecule has 0 radical (unpaired) electrons. The van der Waals surface area contributed by atoms with Crippen LogP contribution in [-0.4, -0.2) is 6.16 Å². The number of rotatable bonds is 2. The van der Waals surface area contributed by atoms with Gasteiger partial charge in [-0.1, -0.05) is 0 Å². The molecule has 0 aliphatic heterocycles. The van der Waals surface area contributed by atoms with Crippen molar-refractivity contribution in [3.8, 4) is 0 Å². The number of hydrogen-bond donors (Lipinski definition) is 0. The van der Waals surface area contributed by atoms with E-state index in [1.165, 1.54) is 0 Å². The second-order valence-electron chi connectivity index (χ2n) is 0.947. The van der Waals surface area contributed by atoms with E-state index in [1.54, 1.807) is 0 Å². The molecule has 0 heterocycles. The summed E-state index contributed by atoms with van der Waals surface area (Å²) in [6.45, 7) is 0. The first-order chi connectivity index (χ1) is 4.81. The molecule has 10 heavy (non-hydrogen) atoms. The second kappa shape index (κ2) is 14.9. The molecule has 3 nitrogen and oxygen atoms in total. The fraction of sp³-hybridized carbons (Fsp3) is 0. The van der Waals surface area contributed by atoms with Crippen LogP contribution in [0.3, 0.4) is 0 Å². The molecule has 0 amide bonds. The SMILES string of the molecule is O=C([O][Cd])[O][Cd][Cd]=[S].[S]=[Cd]. The average Bonchev–Trinajstić information content (AvgIpc) is 2.04. The molecular weight excluding hydrogens is 574 g/mol. The molecule has 0 fully saturated rings. The summed E-state index contributed by atoms with van der Waals surface area (Å²) in [6, 6.07) is 0. The van der Waals surface area contributed by atoms with Crippen molar-refractivity contribution in [2.45, 2.75) is 0 Å². The maximum atomic E-state index is 10.2. The Morgan fingerprint density at radius 1 is 1.50 bits per heavy atom. The monoisotopic (exact) mass is 580 g/mol. The molecule has 42 valence electrons. The molecule has 0 bridgehead atoms. The molecule has 0 N–H and O–H groups in total. The molecule has 0 aromatic carbocycles. The van der Waals surface area contributed by atoms with E-state index in [0.29, 0.717) is 0 Å². The van der Waals surface area contributed by atoms with Crippen LogP contribution in [0.2, 0.25) is 0 Å². The van der Waals surface area contributed by atoms with Crippen molar-refractivity contribution in [2.75, 3.05) is 0 Å². The standard InChI is InChI=1S/CH2O3.4Cd.2S/c2-1(3)4;;;;;;/h(H2,2,3,4);;;;;;/q;;;2*+1;;/p-2. The van der Waals surface area contributed by atoms with Gasteiger partial charge in [-0.05, 0) is 0 Å². The van der Waals surface area contributed by atoms with E-state index in [1.807, 2.05) is 0 Å². The van der Waals surface area contributed by atoms with Gasteiger partial charge in [0.2, 0.25) is 0 Å². The van der Waals surface area contributed by atoms with Gasteiger partial charge >= 0.3 is 120 Å². The molecule has 0 unspecified atom stereocenters. The van der Waals surface area contributed by atoms with Crippen LogP contribution < -0.4 is 0 Å². The zero-order valence-electron chi connectivity index (χ0n) is 5.37. The van der Waals surface area contributed by atoms with E-state index in [0.717, 1.165) is 23.7 Å². The van der Waals surface area contributed by atoms with Crippen molar-refractivity contribution in [1.29, 1.82) is 0 Å². The van der Waals surface area contributed by atoms with Crippen molar-refractivity contribution in [2.24, 2.45) is 0 Å². The second-order valence-corrected chi connectivity index (χ2v) is 38.9. The molecule has 0 saturated heterocycles. The average molecular weight is 574 g/mol. The van der Waals surface area contributed by atoms with Crippen LogP contribution in [0.15, 0.2) is 0 Å². The number of carbonyl (C=O) groups is 1. The first-order valence-corrected chi connectivity index (χ1v) is 38.6. The minimum absolute atomic E-state index is 0.242. The van der Waals surface area contributed by atoms with Crippen LogP contribution >= 0.6 is 17.3 Å². The zero-order valence-corrected chi connectivity index (χ0v) is 23.1. The summed E-state index contributed by atoms with van der Waals surface area (Å²) >= 11 is -0.976. The fourth-order valence-electron chi connectivity index (χ4n) is 0.167. The van der Waals surface area contributed by atoms with Gasteiger partial charge in [-0.2, -0.15) is 0 Å². The molecule has 0 rings (SSSR count). The third-order valence-corrected chi connectivity index (χ3v) is 17.4. The molecule has 0 aromatic heterocycles. The molecule has 0 saturated carbocycles. The van der Waals surface area contributed by atoms with E-state index in [9.17, 15) is 4.79 Å². The third kappa shape index (κ3) is 14.0. The molecule has 0 spiro atoms. The Kier molecular flexibility index (Phi) is 23.6. The quantitative estimate of drug-likeness (QED) is 0.467. The van der Waals surface area contributed by atoms with Crippen molar-refractivity contribution in [3.05, 3.63) is 0 Å². The topological polar surface area (TPSA) is 35.5 Å². The van der Waals surface area contributed by atoms with Gasteiger partial charge in [0, 0.05) is 0 Å². The predicted octanol–water partition coefficient (Wildman–Crippen LogP) is 1.35. The Bertz CT molecular complexity index is 109. The summed E-state index contributed by atoms with van der Waals surface area (Å²) in [4.78, 5) is 10.2. The van der Waals surface area contributed by atoms with Gasteiger partial charge in [-0.25, -0.2) is 0 Å². The van der Waals surface area contributed by atoms with Crippen LogP contribution in [0.5, 0.6) is 0 Å². The Morgan fingerprint density at radius 2 is 2.00 bits per heavy atom. The first-order valence-electron chi connectivity index (χ1n) is 2.27. The van der Waals surface area contributed by atoms with Crippen LogP contribution in [0.25, 0.3) is 0 Å². The van der Waals surface area contributed by atoms with Gasteiger partial charge in [0.05, 0.1) is 0 Å². The van der Waals surface area contributed by atoms with Crippen LogP contribution in [0.4, 0.5) is 4.79 Å². The molecule has 9 heteroatoms. The van der Waals surface area contributed by atoms with Gasteiger partial charge in [0.25, 0.3) is 0 Å². The molecule has 0 aliphatic carbocycles. The Labute approximate surface area is 117 Å². The maximum absolute atomic E-state index is 10.2. The van der Waals surface area contributed by atoms with E-state index >= 15 is 0 Å². The minimum atomic E-state index is -1.10. The normalized spacial score (nSPS) is 5.60. The van der Waals surface area contributed by atoms with E-state index in [4.69, 9.17) is 11.3 Å². The molecular formula is CCd4O3S2. The van der Waals surface area contributed by atoms with E-state index < -0.39 is 42.6 Å². The van der Waals surface area contributed by atoms with Crippen LogP contribution in [0.1, 0.15) is 0 Å². The number of hydrogen-bond acceptors (Lipinski definition) is 5. The van der Waals surface area contributed by atoms with Gasteiger partial charge in [0.1, 0.15) is 0 Å². The first kappa shape index (κ1) is 15.9. The van der Waals surface area contributed by atoms with Crippen molar-refractivity contribution < 1.29 is 96.5 Å². The van der Waals surface area contributed by atoms with Gasteiger partial charge in [0.15, 0.2) is 0 Å². The van der Waals surface area contributed by atoms with Crippen molar-refractivity contribution >= 4 is 23.4 Å². The summed E-state index contributed by atoms with van der Waals surface area (Å²) in [7, 11) is 9.06. The zero-order chi connectivity index (χ0) is 8.41.